The van der Waals surface area contributed by atoms with Crippen LogP contribution >= 0.6 is 11.6 Å². The van der Waals surface area contributed by atoms with Crippen LogP contribution in [0.4, 0.5) is 11.4 Å². The van der Waals surface area contributed by atoms with Crippen LogP contribution in [0.3, 0.4) is 0 Å². The molecule has 2 unspecified atom stereocenters. The lowest BCUT2D eigenvalue weighted by Gasteiger charge is -2.39. The summed E-state index contributed by atoms with van der Waals surface area (Å²) in [5, 5.41) is 11.3. The fourth-order valence-corrected chi connectivity index (χ4v) is 7.88. The van der Waals surface area contributed by atoms with E-state index in [0.717, 1.165) is 0 Å². The first kappa shape index (κ1) is 33.5. The van der Waals surface area contributed by atoms with Gasteiger partial charge < -0.3 is 29.3 Å². The van der Waals surface area contributed by atoms with Crippen LogP contribution in [-0.4, -0.2) is 71.8 Å². The molecule has 48 heavy (non-hydrogen) atoms. The summed E-state index contributed by atoms with van der Waals surface area (Å²) in [5.74, 6) is -2.17. The number of fused-ring (bicyclic) bond motifs is 1. The third-order valence-electron chi connectivity index (χ3n) is 9.70. The number of halogens is 1. The lowest BCUT2D eigenvalue weighted by molar-refractivity contribution is -0.144. The topological polar surface area (TPSA) is 99.6 Å². The number of carbonyl (C=O) groups is 3. The molecule has 3 aliphatic rings. The molecule has 3 fully saturated rings. The van der Waals surface area contributed by atoms with Crippen LogP contribution in [0.1, 0.15) is 31.4 Å². The lowest BCUT2D eigenvalue weighted by Crippen LogP contribution is -2.57. The van der Waals surface area contributed by atoms with Crippen LogP contribution in [-0.2, 0) is 19.1 Å². The zero-order valence-electron chi connectivity index (χ0n) is 26.9. The molecule has 9 nitrogen and oxygen atoms in total. The molecule has 1 N–H and O–H groups in total. The van der Waals surface area contributed by atoms with Gasteiger partial charge in [0, 0.05) is 29.5 Å². The average molecular weight is 670 g/mol. The van der Waals surface area contributed by atoms with Crippen molar-refractivity contribution < 1.29 is 29.0 Å². The molecule has 0 aliphatic carbocycles. The van der Waals surface area contributed by atoms with Crippen LogP contribution < -0.4 is 14.5 Å². The third kappa shape index (κ3) is 5.70. The predicted octanol–water partition coefficient (Wildman–Crippen LogP) is 5.59. The number of anilines is 2. The Labute approximate surface area is 286 Å². The fraction of sp³-hybridized carbons (Fsp3) is 0.342. The van der Waals surface area contributed by atoms with Gasteiger partial charge in [0.25, 0.3) is 5.91 Å². The zero-order valence-corrected chi connectivity index (χ0v) is 27.7. The quantitative estimate of drug-likeness (QED) is 0.239. The Bertz CT molecular complexity index is 1670. The zero-order chi connectivity index (χ0) is 34.0. The molecular weight excluding hydrogens is 630 g/mol. The van der Waals surface area contributed by atoms with E-state index in [1.165, 1.54) is 4.90 Å². The van der Waals surface area contributed by atoms with E-state index in [-0.39, 0.29) is 24.9 Å². The Hall–Kier alpha value is -4.44. The smallest absolute Gasteiger partial charge is 0.253 e. The summed E-state index contributed by atoms with van der Waals surface area (Å²) in [6, 6.07) is 21.3. The van der Waals surface area contributed by atoms with Crippen LogP contribution in [0, 0.1) is 11.8 Å². The van der Waals surface area contributed by atoms with Gasteiger partial charge in [-0.2, -0.15) is 0 Å². The highest BCUT2D eigenvalue weighted by atomic mass is 35.5. The number of hydrogen-bond acceptors (Lipinski definition) is 6. The fourth-order valence-electron chi connectivity index (χ4n) is 7.76. The SMILES string of the molecule is C=CCN(C(=O)C1N([C@H](CO)c2ccccc2)C(=O)[C@@H]2[C@@H](C(=O)N(CC=C)c3ccc(OCC)cc3)[C@H]3CCC12O3)c1ccc(Cl)cc1. The van der Waals surface area contributed by atoms with E-state index in [2.05, 4.69) is 13.2 Å². The van der Waals surface area contributed by atoms with Crippen molar-refractivity contribution >= 4 is 40.7 Å². The minimum atomic E-state index is -1.29. The van der Waals surface area contributed by atoms with Gasteiger partial charge in [-0.25, -0.2) is 0 Å². The highest BCUT2D eigenvalue weighted by molar-refractivity contribution is 6.30. The maximum absolute atomic E-state index is 14.9. The van der Waals surface area contributed by atoms with Crippen LogP contribution in [0.2, 0.25) is 5.02 Å². The van der Waals surface area contributed by atoms with Gasteiger partial charge in [-0.05, 0) is 73.9 Å². The van der Waals surface area contributed by atoms with Crippen molar-refractivity contribution in [2.24, 2.45) is 11.8 Å². The lowest BCUT2D eigenvalue weighted by atomic mass is 9.70. The molecule has 0 saturated carbocycles. The molecule has 3 heterocycles. The molecule has 2 bridgehead atoms. The standard InChI is InChI=1S/C38H40ClN3O6/c1-4-22-40(28-16-18-29(19-17-28)47-6-3)35(44)32-31-20-21-38(48-31)33(32)36(45)42(30(24-43)25-10-8-7-9-11-25)34(38)37(46)41(23-5-2)27-14-12-26(39)13-15-27/h4-5,7-19,30-34,43H,1-2,6,20-24H2,3H3/t30-,31-,32+,33+,34?,38?/m1/s1. The monoisotopic (exact) mass is 669 g/mol. The number of benzene rings is 3. The first-order valence-electron chi connectivity index (χ1n) is 16.3. The number of rotatable bonds is 13. The van der Waals surface area contributed by atoms with Crippen molar-refractivity contribution in [3.05, 3.63) is 115 Å². The van der Waals surface area contributed by atoms with E-state index in [4.69, 9.17) is 21.1 Å². The Morgan fingerprint density at radius 3 is 2.19 bits per heavy atom. The first-order valence-corrected chi connectivity index (χ1v) is 16.7. The number of aliphatic hydroxyl groups excluding tert-OH is 1. The summed E-state index contributed by atoms with van der Waals surface area (Å²) in [4.78, 5) is 49.1. The molecule has 3 aromatic rings. The molecule has 0 radical (unpaired) electrons. The van der Waals surface area contributed by atoms with Crippen molar-refractivity contribution in [3.8, 4) is 5.75 Å². The second-order valence-corrected chi connectivity index (χ2v) is 12.7. The highest BCUT2D eigenvalue weighted by Gasteiger charge is 2.75. The Morgan fingerprint density at radius 1 is 1.00 bits per heavy atom. The highest BCUT2D eigenvalue weighted by Crippen LogP contribution is 2.60. The normalized spacial score (nSPS) is 24.6. The molecule has 1 spiro atoms. The third-order valence-corrected chi connectivity index (χ3v) is 9.96. The van der Waals surface area contributed by atoms with Crippen molar-refractivity contribution in [2.75, 3.05) is 36.1 Å². The summed E-state index contributed by atoms with van der Waals surface area (Å²) in [6.07, 6.45) is 3.61. The number of hydrogen-bond donors (Lipinski definition) is 1. The van der Waals surface area contributed by atoms with E-state index in [1.807, 2.05) is 49.4 Å². The van der Waals surface area contributed by atoms with Crippen LogP contribution in [0.15, 0.2) is 104 Å². The Balaban J connectivity index is 1.44. The van der Waals surface area contributed by atoms with Gasteiger partial charge in [-0.1, -0.05) is 54.1 Å². The Morgan fingerprint density at radius 2 is 1.60 bits per heavy atom. The summed E-state index contributed by atoms with van der Waals surface area (Å²) in [6.45, 7) is 10.1. The molecule has 6 rings (SSSR count). The van der Waals surface area contributed by atoms with Gasteiger partial charge in [0.05, 0.1) is 37.2 Å². The van der Waals surface area contributed by atoms with E-state index in [0.29, 0.717) is 47.2 Å². The number of amides is 3. The number of aliphatic hydroxyl groups is 1. The van der Waals surface area contributed by atoms with Gasteiger partial charge in [0.2, 0.25) is 11.8 Å². The maximum atomic E-state index is 14.9. The van der Waals surface area contributed by atoms with Gasteiger partial charge in [-0.15, -0.1) is 13.2 Å². The maximum Gasteiger partial charge on any atom is 0.253 e. The van der Waals surface area contributed by atoms with Crippen molar-refractivity contribution in [3.63, 3.8) is 0 Å². The van der Waals surface area contributed by atoms with Gasteiger partial charge in [-0.3, -0.25) is 14.4 Å². The van der Waals surface area contributed by atoms with E-state index in [9.17, 15) is 19.5 Å². The number of nitrogens with zero attached hydrogens (tertiary/aromatic N) is 3. The van der Waals surface area contributed by atoms with Crippen molar-refractivity contribution in [2.45, 2.75) is 43.6 Å². The van der Waals surface area contributed by atoms with Crippen molar-refractivity contribution in [1.82, 2.24) is 4.90 Å². The number of ether oxygens (including phenoxy) is 2. The Kier molecular flexibility index (Phi) is 9.73. The molecule has 250 valence electrons. The average Bonchev–Trinajstić information content (AvgIpc) is 3.75. The molecule has 0 aromatic heterocycles. The van der Waals surface area contributed by atoms with Crippen molar-refractivity contribution in [1.29, 1.82) is 0 Å². The molecule has 6 atom stereocenters. The minimum absolute atomic E-state index is 0.158. The van der Waals surface area contributed by atoms with Gasteiger partial charge >= 0.3 is 0 Å². The first-order chi connectivity index (χ1) is 23.3. The molecule has 10 heteroatoms. The molecule has 3 amide bonds. The second kappa shape index (κ2) is 14.0. The number of likely N-dealkylation sites (tertiary alicyclic amines) is 1. The summed E-state index contributed by atoms with van der Waals surface area (Å²) < 4.78 is 12.3. The molecule has 3 aliphatic heterocycles. The molecule has 3 saturated heterocycles. The van der Waals surface area contributed by atoms with E-state index >= 15 is 0 Å². The van der Waals surface area contributed by atoms with Gasteiger partial charge in [0.1, 0.15) is 17.4 Å². The molecule has 3 aromatic carbocycles. The second-order valence-electron chi connectivity index (χ2n) is 12.3. The predicted molar refractivity (Wildman–Crippen MR) is 185 cm³/mol. The van der Waals surface area contributed by atoms with E-state index < -0.39 is 48.1 Å². The van der Waals surface area contributed by atoms with Gasteiger partial charge in [0.15, 0.2) is 0 Å². The minimum Gasteiger partial charge on any atom is -0.494 e. The number of carbonyl (C=O) groups excluding carboxylic acids is 3. The molecular formula is C38H40ClN3O6. The van der Waals surface area contributed by atoms with Crippen LogP contribution in [0.25, 0.3) is 0 Å². The summed E-state index contributed by atoms with van der Waals surface area (Å²) in [5.41, 5.74) is 0.591. The summed E-state index contributed by atoms with van der Waals surface area (Å²) in [7, 11) is 0. The van der Waals surface area contributed by atoms with E-state index in [1.54, 1.807) is 58.4 Å². The van der Waals surface area contributed by atoms with Crippen LogP contribution in [0.5, 0.6) is 5.75 Å². The largest absolute Gasteiger partial charge is 0.494 e. The summed E-state index contributed by atoms with van der Waals surface area (Å²) >= 11 is 6.18.